The van der Waals surface area contributed by atoms with Crippen molar-refractivity contribution in [2.24, 2.45) is 0 Å². The van der Waals surface area contributed by atoms with Crippen molar-refractivity contribution in [1.82, 2.24) is 4.90 Å². The van der Waals surface area contributed by atoms with E-state index in [1.807, 2.05) is 14.1 Å². The summed E-state index contributed by atoms with van der Waals surface area (Å²) in [6, 6.07) is 5.10. The number of hydrogen-bond donors (Lipinski definition) is 0. The monoisotopic (exact) mass is 235 g/mol. The van der Waals surface area contributed by atoms with Gasteiger partial charge < -0.3 is 14.4 Å². The minimum Gasteiger partial charge on any atom is -0.493 e. The van der Waals surface area contributed by atoms with Gasteiger partial charge in [0.25, 0.3) is 0 Å². The van der Waals surface area contributed by atoms with Gasteiger partial charge in [0.15, 0.2) is 17.3 Å². The van der Waals surface area contributed by atoms with Crippen molar-refractivity contribution in [3.8, 4) is 11.5 Å². The molecule has 1 aromatic carbocycles. The minimum absolute atomic E-state index is 0.0698. The average Bonchev–Trinajstić information content (AvgIpc) is 2.34. The van der Waals surface area contributed by atoms with Crippen LogP contribution in [0.15, 0.2) is 30.5 Å². The second-order valence-electron chi connectivity index (χ2n) is 3.71. The van der Waals surface area contributed by atoms with E-state index in [1.165, 1.54) is 6.08 Å². The summed E-state index contributed by atoms with van der Waals surface area (Å²) in [4.78, 5) is 13.6. The molecule has 1 rings (SSSR count). The maximum absolute atomic E-state index is 11.8. The normalized spacial score (nSPS) is 10.4. The van der Waals surface area contributed by atoms with Crippen LogP contribution in [-0.4, -0.2) is 39.0 Å². The van der Waals surface area contributed by atoms with E-state index < -0.39 is 0 Å². The van der Waals surface area contributed by atoms with Gasteiger partial charge in [0.1, 0.15) is 0 Å². The number of rotatable bonds is 5. The van der Waals surface area contributed by atoms with Crippen molar-refractivity contribution in [3.05, 3.63) is 36.0 Å². The van der Waals surface area contributed by atoms with Gasteiger partial charge >= 0.3 is 0 Å². The molecule has 0 saturated carbocycles. The van der Waals surface area contributed by atoms with Crippen LogP contribution in [0.25, 0.3) is 0 Å². The highest BCUT2D eigenvalue weighted by Crippen LogP contribution is 2.27. The first-order chi connectivity index (χ1) is 8.08. The Morgan fingerprint density at radius 1 is 1.18 bits per heavy atom. The number of benzene rings is 1. The number of carbonyl (C=O) groups excluding carboxylic acids is 1. The summed E-state index contributed by atoms with van der Waals surface area (Å²) in [7, 11) is 6.82. The topological polar surface area (TPSA) is 38.8 Å². The number of methoxy groups -OCH3 is 2. The fourth-order valence-electron chi connectivity index (χ4n) is 1.30. The molecule has 0 aromatic heterocycles. The molecule has 17 heavy (non-hydrogen) atoms. The van der Waals surface area contributed by atoms with Crippen molar-refractivity contribution in [1.29, 1.82) is 0 Å². The lowest BCUT2D eigenvalue weighted by molar-refractivity contribution is 0.104. The molecule has 0 amide bonds. The molecular formula is C13H17NO3. The number of allylic oxidation sites excluding steroid dienone is 1. The predicted molar refractivity (Wildman–Crippen MR) is 66.7 cm³/mol. The van der Waals surface area contributed by atoms with Crippen LogP contribution in [0.4, 0.5) is 0 Å². The Balaban J connectivity index is 2.96. The Kier molecular flexibility index (Phi) is 4.57. The summed E-state index contributed by atoms with van der Waals surface area (Å²) >= 11 is 0. The molecule has 0 aliphatic rings. The number of ether oxygens (including phenoxy) is 2. The molecule has 0 aliphatic heterocycles. The molecule has 1 aromatic rings. The lowest BCUT2D eigenvalue weighted by Crippen LogP contribution is -2.03. The molecule has 0 aliphatic carbocycles. The molecule has 4 nitrogen and oxygen atoms in total. The fraction of sp³-hybridized carbons (Fsp3) is 0.308. The van der Waals surface area contributed by atoms with Crippen LogP contribution in [0.3, 0.4) is 0 Å². The zero-order valence-electron chi connectivity index (χ0n) is 10.6. The average molecular weight is 235 g/mol. The molecule has 0 spiro atoms. The van der Waals surface area contributed by atoms with Gasteiger partial charge in [0.2, 0.25) is 0 Å². The van der Waals surface area contributed by atoms with E-state index in [-0.39, 0.29) is 5.78 Å². The molecule has 0 heterocycles. The van der Waals surface area contributed by atoms with Gasteiger partial charge in [0, 0.05) is 31.9 Å². The van der Waals surface area contributed by atoms with Crippen molar-refractivity contribution in [3.63, 3.8) is 0 Å². The molecule has 0 N–H and O–H groups in total. The first kappa shape index (κ1) is 13.1. The van der Waals surface area contributed by atoms with Crippen molar-refractivity contribution >= 4 is 5.78 Å². The van der Waals surface area contributed by atoms with Crippen molar-refractivity contribution in [2.45, 2.75) is 0 Å². The van der Waals surface area contributed by atoms with Gasteiger partial charge in [-0.15, -0.1) is 0 Å². The highest BCUT2D eigenvalue weighted by atomic mass is 16.5. The van der Waals surface area contributed by atoms with E-state index in [1.54, 1.807) is 43.5 Å². The molecule has 0 bridgehead atoms. The standard InChI is InChI=1S/C13H17NO3/c1-14(2)8-7-11(15)10-5-6-12(16-3)13(9-10)17-4/h5-9H,1-4H3/b8-7+. The minimum atomic E-state index is -0.0698. The summed E-state index contributed by atoms with van der Waals surface area (Å²) in [5.41, 5.74) is 0.570. The smallest absolute Gasteiger partial charge is 0.187 e. The summed E-state index contributed by atoms with van der Waals surface area (Å²) in [6.07, 6.45) is 3.22. The fourth-order valence-corrected chi connectivity index (χ4v) is 1.30. The van der Waals surface area contributed by atoms with Gasteiger partial charge in [0.05, 0.1) is 14.2 Å². The molecule has 4 heteroatoms. The van der Waals surface area contributed by atoms with Crippen molar-refractivity contribution in [2.75, 3.05) is 28.3 Å². The summed E-state index contributed by atoms with van der Waals surface area (Å²) < 4.78 is 10.2. The van der Waals surface area contributed by atoms with E-state index in [4.69, 9.17) is 9.47 Å². The molecular weight excluding hydrogens is 218 g/mol. The van der Waals surface area contributed by atoms with E-state index >= 15 is 0 Å². The quantitative estimate of drug-likeness (QED) is 0.577. The molecule has 92 valence electrons. The first-order valence-corrected chi connectivity index (χ1v) is 5.19. The van der Waals surface area contributed by atoms with Gasteiger partial charge in [-0.25, -0.2) is 0 Å². The second-order valence-corrected chi connectivity index (χ2v) is 3.71. The molecule has 0 radical (unpaired) electrons. The third-order valence-corrected chi connectivity index (χ3v) is 2.19. The summed E-state index contributed by atoms with van der Waals surface area (Å²) in [6.45, 7) is 0. The Labute approximate surface area is 101 Å². The summed E-state index contributed by atoms with van der Waals surface area (Å²) in [5, 5.41) is 0. The number of carbonyl (C=O) groups is 1. The third-order valence-electron chi connectivity index (χ3n) is 2.19. The van der Waals surface area contributed by atoms with Crippen LogP contribution in [-0.2, 0) is 0 Å². The van der Waals surface area contributed by atoms with Crippen LogP contribution >= 0.6 is 0 Å². The predicted octanol–water partition coefficient (Wildman–Crippen LogP) is 1.96. The van der Waals surface area contributed by atoms with E-state index in [0.717, 1.165) is 0 Å². The van der Waals surface area contributed by atoms with E-state index in [2.05, 4.69) is 0 Å². The lowest BCUT2D eigenvalue weighted by Gasteiger charge is -2.08. The highest BCUT2D eigenvalue weighted by Gasteiger charge is 2.08. The highest BCUT2D eigenvalue weighted by molar-refractivity contribution is 6.04. The Hall–Kier alpha value is -1.97. The van der Waals surface area contributed by atoms with Crippen LogP contribution in [0.5, 0.6) is 11.5 Å². The van der Waals surface area contributed by atoms with Gasteiger partial charge in [-0.3, -0.25) is 4.79 Å². The van der Waals surface area contributed by atoms with Crippen LogP contribution in [0.1, 0.15) is 10.4 Å². The second kappa shape index (κ2) is 5.94. The molecule has 0 fully saturated rings. The number of ketones is 1. The molecule has 0 atom stereocenters. The lowest BCUT2D eigenvalue weighted by atomic mass is 10.1. The Morgan fingerprint density at radius 2 is 1.82 bits per heavy atom. The van der Waals surface area contributed by atoms with E-state index in [0.29, 0.717) is 17.1 Å². The number of hydrogen-bond acceptors (Lipinski definition) is 4. The Morgan fingerprint density at radius 3 is 2.35 bits per heavy atom. The van der Waals surface area contributed by atoms with Gasteiger partial charge in [-0.1, -0.05) is 0 Å². The van der Waals surface area contributed by atoms with Crippen molar-refractivity contribution < 1.29 is 14.3 Å². The van der Waals surface area contributed by atoms with Gasteiger partial charge in [-0.05, 0) is 18.2 Å². The Bertz CT molecular complexity index is 425. The SMILES string of the molecule is COc1ccc(C(=O)/C=C/N(C)C)cc1OC. The van der Waals surface area contributed by atoms with E-state index in [9.17, 15) is 4.79 Å². The summed E-state index contributed by atoms with van der Waals surface area (Å²) in [5.74, 6) is 1.09. The third kappa shape index (κ3) is 3.52. The van der Waals surface area contributed by atoms with Crippen LogP contribution in [0.2, 0.25) is 0 Å². The molecule has 0 unspecified atom stereocenters. The first-order valence-electron chi connectivity index (χ1n) is 5.19. The van der Waals surface area contributed by atoms with Crippen LogP contribution in [0, 0.1) is 0 Å². The zero-order valence-corrected chi connectivity index (χ0v) is 10.6. The maximum Gasteiger partial charge on any atom is 0.187 e. The van der Waals surface area contributed by atoms with Gasteiger partial charge in [-0.2, -0.15) is 0 Å². The number of nitrogens with zero attached hydrogens (tertiary/aromatic N) is 1. The van der Waals surface area contributed by atoms with Crippen LogP contribution < -0.4 is 9.47 Å². The maximum atomic E-state index is 11.8. The zero-order chi connectivity index (χ0) is 12.8. The largest absolute Gasteiger partial charge is 0.493 e. The molecule has 0 saturated heterocycles.